The van der Waals surface area contributed by atoms with Gasteiger partial charge in [-0.05, 0) is 78.4 Å². The lowest BCUT2D eigenvalue weighted by Crippen LogP contribution is -2.22. The van der Waals surface area contributed by atoms with Gasteiger partial charge in [0.25, 0.3) is 5.91 Å². The molecule has 0 unspecified atom stereocenters. The molecule has 0 fully saturated rings. The number of benzene rings is 3. The number of fused-ring (bicyclic) bond motifs is 1. The molecule has 1 amide bonds. The molecular weight excluding hydrogens is 434 g/mol. The van der Waals surface area contributed by atoms with E-state index in [2.05, 4.69) is 10.3 Å². The molecule has 34 heavy (non-hydrogen) atoms. The Balaban J connectivity index is 1.55. The molecule has 0 aliphatic heterocycles. The zero-order valence-corrected chi connectivity index (χ0v) is 17.9. The number of nitrogens with one attached hydrogen (secondary N) is 1. The van der Waals surface area contributed by atoms with Crippen molar-refractivity contribution in [1.82, 2.24) is 20.3 Å². The van der Waals surface area contributed by atoms with E-state index in [4.69, 9.17) is 9.97 Å². The number of hydrogen-bond donors (Lipinski definition) is 1. The Hall–Kier alpha value is -4.52. The van der Waals surface area contributed by atoms with E-state index in [0.717, 1.165) is 5.56 Å². The van der Waals surface area contributed by atoms with Crippen LogP contribution in [0.5, 0.6) is 0 Å². The first-order valence-corrected chi connectivity index (χ1v) is 10.6. The fourth-order valence-electron chi connectivity index (χ4n) is 3.60. The summed E-state index contributed by atoms with van der Waals surface area (Å²) in [6, 6.07) is 20.6. The van der Waals surface area contributed by atoms with Crippen molar-refractivity contribution < 1.29 is 13.6 Å². The third-order valence-corrected chi connectivity index (χ3v) is 5.34. The number of nitrogens with zero attached hydrogens (tertiary/aromatic N) is 3. The van der Waals surface area contributed by atoms with Crippen molar-refractivity contribution in [3.8, 4) is 22.5 Å². The van der Waals surface area contributed by atoms with Crippen molar-refractivity contribution in [3.63, 3.8) is 0 Å². The van der Waals surface area contributed by atoms with Crippen molar-refractivity contribution in [2.24, 2.45) is 0 Å². The summed E-state index contributed by atoms with van der Waals surface area (Å²) >= 11 is 0. The molecule has 0 aliphatic carbocycles. The standard InChI is InChI=1S/C27H18F2N4O/c28-21-8-3-18(4-9-21)25-26(19-5-10-22(29)11-6-19)33-24-14-20(7-12-23(24)32-25)27(34)31-16-17-2-1-13-30-15-17/h1-15H,16H2,(H,31,34). The maximum Gasteiger partial charge on any atom is 0.251 e. The highest BCUT2D eigenvalue weighted by Crippen LogP contribution is 2.31. The molecule has 166 valence electrons. The molecule has 0 aliphatic rings. The molecule has 0 atom stereocenters. The first kappa shape index (κ1) is 21.3. The predicted octanol–water partition coefficient (Wildman–Crippen LogP) is 5.57. The molecule has 1 N–H and O–H groups in total. The maximum absolute atomic E-state index is 13.5. The van der Waals surface area contributed by atoms with Crippen LogP contribution in [0.2, 0.25) is 0 Å². The van der Waals surface area contributed by atoms with Crippen molar-refractivity contribution >= 4 is 16.9 Å². The number of hydrogen-bond acceptors (Lipinski definition) is 4. The average Bonchev–Trinajstić information content (AvgIpc) is 2.88. The minimum Gasteiger partial charge on any atom is -0.348 e. The molecular formula is C27H18F2N4O. The van der Waals surface area contributed by atoms with E-state index < -0.39 is 0 Å². The van der Waals surface area contributed by atoms with Gasteiger partial charge in [0.05, 0.1) is 22.4 Å². The highest BCUT2D eigenvalue weighted by Gasteiger charge is 2.15. The fourth-order valence-corrected chi connectivity index (χ4v) is 3.60. The van der Waals surface area contributed by atoms with E-state index in [9.17, 15) is 13.6 Å². The molecule has 5 aromatic rings. The van der Waals surface area contributed by atoms with Crippen LogP contribution >= 0.6 is 0 Å². The van der Waals surface area contributed by atoms with Gasteiger partial charge in [-0.1, -0.05) is 6.07 Å². The summed E-state index contributed by atoms with van der Waals surface area (Å²) in [4.78, 5) is 26.3. The molecule has 0 spiro atoms. The monoisotopic (exact) mass is 452 g/mol. The van der Waals surface area contributed by atoms with Crippen LogP contribution in [0.1, 0.15) is 15.9 Å². The van der Waals surface area contributed by atoms with Gasteiger partial charge in [0.15, 0.2) is 0 Å². The molecule has 0 saturated carbocycles. The van der Waals surface area contributed by atoms with Gasteiger partial charge >= 0.3 is 0 Å². The summed E-state index contributed by atoms with van der Waals surface area (Å²) in [5, 5.41) is 2.87. The molecule has 7 heteroatoms. The zero-order valence-electron chi connectivity index (χ0n) is 17.9. The number of aromatic nitrogens is 3. The lowest BCUT2D eigenvalue weighted by atomic mass is 10.0. The number of pyridine rings is 1. The molecule has 5 nitrogen and oxygen atoms in total. The quantitative estimate of drug-likeness (QED) is 0.379. The van der Waals surface area contributed by atoms with Gasteiger partial charge in [-0.2, -0.15) is 0 Å². The van der Waals surface area contributed by atoms with Gasteiger partial charge < -0.3 is 5.32 Å². The first-order chi connectivity index (χ1) is 16.6. The van der Waals surface area contributed by atoms with Crippen LogP contribution in [0.25, 0.3) is 33.5 Å². The van der Waals surface area contributed by atoms with E-state index in [1.165, 1.54) is 24.3 Å². The number of carbonyl (C=O) groups excluding carboxylic acids is 1. The highest BCUT2D eigenvalue weighted by molar-refractivity contribution is 5.98. The Labute approximate surface area is 194 Å². The van der Waals surface area contributed by atoms with Crippen molar-refractivity contribution in [1.29, 1.82) is 0 Å². The molecule has 0 radical (unpaired) electrons. The largest absolute Gasteiger partial charge is 0.348 e. The smallest absolute Gasteiger partial charge is 0.251 e. The second-order valence-electron chi connectivity index (χ2n) is 7.68. The van der Waals surface area contributed by atoms with Gasteiger partial charge in [-0.25, -0.2) is 18.7 Å². The number of amides is 1. The second kappa shape index (κ2) is 9.15. The Bertz CT molecular complexity index is 1470. The lowest BCUT2D eigenvalue weighted by molar-refractivity contribution is 0.0951. The Morgan fingerprint density at radius 3 is 1.97 bits per heavy atom. The minimum atomic E-state index is -0.367. The Morgan fingerprint density at radius 2 is 1.38 bits per heavy atom. The average molecular weight is 452 g/mol. The lowest BCUT2D eigenvalue weighted by Gasteiger charge is -2.12. The topological polar surface area (TPSA) is 67.8 Å². The van der Waals surface area contributed by atoms with Crippen LogP contribution in [-0.2, 0) is 6.54 Å². The van der Waals surface area contributed by atoms with Crippen LogP contribution in [0.4, 0.5) is 8.78 Å². The van der Waals surface area contributed by atoms with Crippen molar-refractivity contribution in [2.75, 3.05) is 0 Å². The maximum atomic E-state index is 13.5. The molecule has 2 aromatic heterocycles. The Kier molecular flexibility index (Phi) is 5.74. The van der Waals surface area contributed by atoms with E-state index in [1.807, 2.05) is 12.1 Å². The van der Waals surface area contributed by atoms with E-state index in [-0.39, 0.29) is 17.5 Å². The van der Waals surface area contributed by atoms with E-state index in [1.54, 1.807) is 54.9 Å². The summed E-state index contributed by atoms with van der Waals surface area (Å²) in [7, 11) is 0. The SMILES string of the molecule is O=C(NCc1cccnc1)c1ccc2nc(-c3ccc(F)cc3)c(-c3ccc(F)cc3)nc2c1. The zero-order chi connectivity index (χ0) is 23.5. The summed E-state index contributed by atoms with van der Waals surface area (Å²) in [6.07, 6.45) is 3.37. The van der Waals surface area contributed by atoms with Crippen molar-refractivity contribution in [2.45, 2.75) is 6.54 Å². The molecule has 2 heterocycles. The molecule has 0 saturated heterocycles. The van der Waals surface area contributed by atoms with Crippen LogP contribution in [0, 0.1) is 11.6 Å². The molecule has 0 bridgehead atoms. The van der Waals surface area contributed by atoms with Crippen LogP contribution < -0.4 is 5.32 Å². The first-order valence-electron chi connectivity index (χ1n) is 10.6. The van der Waals surface area contributed by atoms with Crippen molar-refractivity contribution in [3.05, 3.63) is 114 Å². The van der Waals surface area contributed by atoms with Crippen LogP contribution in [0.3, 0.4) is 0 Å². The highest BCUT2D eigenvalue weighted by atomic mass is 19.1. The number of carbonyl (C=O) groups is 1. The Morgan fingerprint density at radius 1 is 0.765 bits per heavy atom. The van der Waals surface area contributed by atoms with E-state index >= 15 is 0 Å². The van der Waals surface area contributed by atoms with Gasteiger partial charge in [0.1, 0.15) is 11.6 Å². The predicted molar refractivity (Wildman–Crippen MR) is 126 cm³/mol. The normalized spacial score (nSPS) is 10.9. The van der Waals surface area contributed by atoms with Gasteiger partial charge in [-0.15, -0.1) is 0 Å². The van der Waals surface area contributed by atoms with Crippen LogP contribution in [-0.4, -0.2) is 20.9 Å². The molecule has 5 rings (SSSR count). The number of halogens is 2. The summed E-state index contributed by atoms with van der Waals surface area (Å²) < 4.78 is 27.0. The molecule has 3 aromatic carbocycles. The third kappa shape index (κ3) is 4.49. The van der Waals surface area contributed by atoms with Gasteiger partial charge in [0, 0.05) is 35.6 Å². The van der Waals surface area contributed by atoms with Gasteiger partial charge in [-0.3, -0.25) is 9.78 Å². The van der Waals surface area contributed by atoms with Gasteiger partial charge in [0.2, 0.25) is 0 Å². The summed E-state index contributed by atoms with van der Waals surface area (Å²) in [6.45, 7) is 0.348. The van der Waals surface area contributed by atoms with E-state index in [0.29, 0.717) is 45.7 Å². The number of rotatable bonds is 5. The summed E-state index contributed by atoms with van der Waals surface area (Å²) in [5.41, 5.74) is 4.78. The summed E-state index contributed by atoms with van der Waals surface area (Å²) in [5.74, 6) is -0.977. The fraction of sp³-hybridized carbons (Fsp3) is 0.0370. The minimum absolute atomic E-state index is 0.251. The third-order valence-electron chi connectivity index (χ3n) is 5.34. The second-order valence-corrected chi connectivity index (χ2v) is 7.68. The van der Waals surface area contributed by atoms with Crippen LogP contribution in [0.15, 0.2) is 91.3 Å².